The highest BCUT2D eigenvalue weighted by molar-refractivity contribution is 6.04. The highest BCUT2D eigenvalue weighted by Gasteiger charge is 2.45. The average Bonchev–Trinajstić information content (AvgIpc) is 2.86. The minimum atomic E-state index is -0.947. The first kappa shape index (κ1) is 10.2. The van der Waals surface area contributed by atoms with Crippen molar-refractivity contribution in [2.75, 3.05) is 6.61 Å². The molecule has 74 valence electrons. The van der Waals surface area contributed by atoms with Crippen LogP contribution in [0.5, 0.6) is 0 Å². The molecule has 1 aliphatic carbocycles. The van der Waals surface area contributed by atoms with Crippen molar-refractivity contribution < 1.29 is 14.3 Å². The van der Waals surface area contributed by atoms with Gasteiger partial charge < -0.3 is 4.74 Å². The fourth-order valence-electron chi connectivity index (χ4n) is 1.27. The maximum absolute atomic E-state index is 11.6. The molecule has 0 unspecified atom stereocenters. The van der Waals surface area contributed by atoms with Crippen LogP contribution in [-0.2, 0) is 14.3 Å². The Bertz CT molecular complexity index is 226. The molecule has 0 bridgehead atoms. The van der Waals surface area contributed by atoms with Gasteiger partial charge in [-0.1, -0.05) is 0 Å². The number of ketones is 1. The average molecular weight is 184 g/mol. The van der Waals surface area contributed by atoms with E-state index in [1.807, 2.05) is 0 Å². The minimum absolute atomic E-state index is 0.0333. The number of carbonyl (C=O) groups is 2. The van der Waals surface area contributed by atoms with E-state index in [-0.39, 0.29) is 11.7 Å². The highest BCUT2D eigenvalue weighted by Crippen LogP contribution is 2.37. The monoisotopic (exact) mass is 184 g/mol. The summed E-state index contributed by atoms with van der Waals surface area (Å²) >= 11 is 0. The Morgan fingerprint density at radius 2 is 1.92 bits per heavy atom. The summed E-state index contributed by atoms with van der Waals surface area (Å²) in [5.41, 5.74) is -0.947. The van der Waals surface area contributed by atoms with Crippen molar-refractivity contribution in [1.82, 2.24) is 0 Å². The Labute approximate surface area is 78.5 Å². The molecule has 3 nitrogen and oxygen atoms in total. The third-order valence-electron chi connectivity index (χ3n) is 2.35. The van der Waals surface area contributed by atoms with Gasteiger partial charge in [0, 0.05) is 5.92 Å². The van der Waals surface area contributed by atoms with Gasteiger partial charge in [0.15, 0.2) is 5.78 Å². The van der Waals surface area contributed by atoms with E-state index in [2.05, 4.69) is 0 Å². The summed E-state index contributed by atoms with van der Waals surface area (Å²) in [5.74, 6) is -0.253. The van der Waals surface area contributed by atoms with E-state index in [0.717, 1.165) is 12.8 Å². The summed E-state index contributed by atoms with van der Waals surface area (Å²) in [6, 6.07) is 0. The first-order valence-electron chi connectivity index (χ1n) is 4.71. The van der Waals surface area contributed by atoms with Gasteiger partial charge in [-0.05, 0) is 33.6 Å². The summed E-state index contributed by atoms with van der Waals surface area (Å²) < 4.78 is 4.85. The lowest BCUT2D eigenvalue weighted by atomic mass is 9.85. The molecule has 0 saturated heterocycles. The molecule has 1 fully saturated rings. The second-order valence-corrected chi connectivity index (χ2v) is 3.98. The summed E-state index contributed by atoms with van der Waals surface area (Å²) in [7, 11) is 0. The summed E-state index contributed by atoms with van der Waals surface area (Å²) in [6.07, 6.45) is 1.86. The number of hydrogen-bond donors (Lipinski definition) is 0. The lowest BCUT2D eigenvalue weighted by molar-refractivity contribution is -0.158. The second kappa shape index (κ2) is 3.48. The molecule has 0 aromatic rings. The number of carbonyl (C=O) groups excluding carboxylic acids is 2. The van der Waals surface area contributed by atoms with Gasteiger partial charge in [-0.2, -0.15) is 0 Å². The van der Waals surface area contributed by atoms with Gasteiger partial charge >= 0.3 is 5.97 Å². The van der Waals surface area contributed by atoms with Crippen molar-refractivity contribution in [3.8, 4) is 0 Å². The summed E-state index contributed by atoms with van der Waals surface area (Å²) in [4.78, 5) is 23.0. The van der Waals surface area contributed by atoms with Crippen molar-refractivity contribution in [2.24, 2.45) is 11.3 Å². The van der Waals surface area contributed by atoms with Crippen molar-refractivity contribution in [1.29, 1.82) is 0 Å². The number of ether oxygens (including phenoxy) is 1. The van der Waals surface area contributed by atoms with Crippen molar-refractivity contribution >= 4 is 11.8 Å². The van der Waals surface area contributed by atoms with Gasteiger partial charge in [-0.15, -0.1) is 0 Å². The van der Waals surface area contributed by atoms with Gasteiger partial charge in [-0.3, -0.25) is 9.59 Å². The molecular weight excluding hydrogens is 168 g/mol. The maximum Gasteiger partial charge on any atom is 0.319 e. The summed E-state index contributed by atoms with van der Waals surface area (Å²) in [5, 5.41) is 0. The molecule has 13 heavy (non-hydrogen) atoms. The summed E-state index contributed by atoms with van der Waals surface area (Å²) in [6.45, 7) is 5.37. The van der Waals surface area contributed by atoms with Crippen LogP contribution in [0.4, 0.5) is 0 Å². The predicted octanol–water partition coefficient (Wildman–Crippen LogP) is 1.55. The zero-order valence-electron chi connectivity index (χ0n) is 8.42. The zero-order valence-corrected chi connectivity index (χ0v) is 8.42. The molecule has 0 amide bonds. The van der Waals surface area contributed by atoms with Gasteiger partial charge in [0.25, 0.3) is 0 Å². The van der Waals surface area contributed by atoms with Crippen LogP contribution in [0.2, 0.25) is 0 Å². The molecule has 0 N–H and O–H groups in total. The van der Waals surface area contributed by atoms with Crippen LogP contribution in [0.1, 0.15) is 33.6 Å². The largest absolute Gasteiger partial charge is 0.465 e. The normalized spacial score (nSPS) is 16.8. The van der Waals surface area contributed by atoms with E-state index in [0.29, 0.717) is 6.61 Å². The molecule has 1 aliphatic rings. The van der Waals surface area contributed by atoms with Crippen LogP contribution in [0, 0.1) is 11.3 Å². The fourth-order valence-corrected chi connectivity index (χ4v) is 1.27. The third kappa shape index (κ3) is 2.08. The van der Waals surface area contributed by atoms with Crippen LogP contribution in [-0.4, -0.2) is 18.4 Å². The third-order valence-corrected chi connectivity index (χ3v) is 2.35. The van der Waals surface area contributed by atoms with Crippen LogP contribution < -0.4 is 0 Å². The lowest BCUT2D eigenvalue weighted by Gasteiger charge is -2.20. The Hall–Kier alpha value is -0.860. The van der Waals surface area contributed by atoms with Gasteiger partial charge in [0.1, 0.15) is 5.41 Å². The Morgan fingerprint density at radius 3 is 2.31 bits per heavy atom. The minimum Gasteiger partial charge on any atom is -0.465 e. The molecule has 0 aromatic heterocycles. The Morgan fingerprint density at radius 1 is 1.38 bits per heavy atom. The van der Waals surface area contributed by atoms with Gasteiger partial charge in [-0.25, -0.2) is 0 Å². The molecule has 0 aliphatic heterocycles. The number of esters is 1. The predicted molar refractivity (Wildman–Crippen MR) is 48.1 cm³/mol. The lowest BCUT2D eigenvalue weighted by Crippen LogP contribution is -2.36. The molecule has 0 heterocycles. The van der Waals surface area contributed by atoms with E-state index >= 15 is 0 Å². The quantitative estimate of drug-likeness (QED) is 0.492. The van der Waals surface area contributed by atoms with Crippen LogP contribution in [0.25, 0.3) is 0 Å². The zero-order chi connectivity index (χ0) is 10.1. The fraction of sp³-hybridized carbons (Fsp3) is 0.800. The SMILES string of the molecule is CCOC(=O)C(C)(C)C(=O)C1CC1. The molecule has 0 atom stereocenters. The van der Waals surface area contributed by atoms with E-state index < -0.39 is 11.4 Å². The van der Waals surface area contributed by atoms with Crippen LogP contribution >= 0.6 is 0 Å². The molecule has 1 rings (SSSR count). The van der Waals surface area contributed by atoms with Gasteiger partial charge in [0.05, 0.1) is 6.61 Å². The van der Waals surface area contributed by atoms with Gasteiger partial charge in [0.2, 0.25) is 0 Å². The van der Waals surface area contributed by atoms with Crippen LogP contribution in [0.3, 0.4) is 0 Å². The number of hydrogen-bond acceptors (Lipinski definition) is 3. The Kier molecular flexibility index (Phi) is 2.74. The molecular formula is C10H16O3. The topological polar surface area (TPSA) is 43.4 Å². The first-order chi connectivity index (χ1) is 6.00. The van der Waals surface area contributed by atoms with Crippen molar-refractivity contribution in [3.05, 3.63) is 0 Å². The smallest absolute Gasteiger partial charge is 0.319 e. The Balaban J connectivity index is 2.62. The standard InChI is InChI=1S/C10H16O3/c1-4-13-9(12)10(2,3)8(11)7-5-6-7/h7H,4-6H2,1-3H3. The second-order valence-electron chi connectivity index (χ2n) is 3.98. The first-order valence-corrected chi connectivity index (χ1v) is 4.71. The number of rotatable bonds is 4. The van der Waals surface area contributed by atoms with Crippen molar-refractivity contribution in [2.45, 2.75) is 33.6 Å². The van der Waals surface area contributed by atoms with E-state index in [4.69, 9.17) is 4.74 Å². The van der Waals surface area contributed by atoms with E-state index in [9.17, 15) is 9.59 Å². The number of Topliss-reactive ketones (excluding diaryl/α,β-unsaturated/α-hetero) is 1. The van der Waals surface area contributed by atoms with E-state index in [1.54, 1.807) is 20.8 Å². The molecule has 0 aromatic carbocycles. The van der Waals surface area contributed by atoms with E-state index in [1.165, 1.54) is 0 Å². The molecule has 0 spiro atoms. The van der Waals surface area contributed by atoms with Crippen molar-refractivity contribution in [3.63, 3.8) is 0 Å². The molecule has 1 saturated carbocycles. The molecule has 0 radical (unpaired) electrons. The maximum atomic E-state index is 11.6. The highest BCUT2D eigenvalue weighted by atomic mass is 16.5. The van der Waals surface area contributed by atoms with Crippen LogP contribution in [0.15, 0.2) is 0 Å². The molecule has 3 heteroatoms.